The van der Waals surface area contributed by atoms with Crippen molar-refractivity contribution in [3.63, 3.8) is 0 Å². The van der Waals surface area contributed by atoms with Crippen molar-refractivity contribution in [2.75, 3.05) is 19.7 Å². The lowest BCUT2D eigenvalue weighted by Crippen LogP contribution is -2.59. The van der Waals surface area contributed by atoms with Crippen LogP contribution in [-0.2, 0) is 28.8 Å². The highest BCUT2D eigenvalue weighted by molar-refractivity contribution is 5.95. The van der Waals surface area contributed by atoms with E-state index in [4.69, 9.17) is 32.5 Å². The second-order valence-electron chi connectivity index (χ2n) is 8.78. The van der Waals surface area contributed by atoms with E-state index >= 15 is 0 Å². The van der Waals surface area contributed by atoms with Gasteiger partial charge < -0.3 is 53.8 Å². The van der Waals surface area contributed by atoms with Crippen molar-refractivity contribution in [2.45, 2.75) is 70.1 Å². The average Bonchev–Trinajstić information content (AvgIpc) is 2.87. The molecule has 0 aliphatic rings. The van der Waals surface area contributed by atoms with E-state index in [0.717, 1.165) is 0 Å². The van der Waals surface area contributed by atoms with Crippen molar-refractivity contribution < 1.29 is 44.1 Å². The number of carboxylic acid groups (broad SMARTS) is 2. The summed E-state index contributed by atoms with van der Waals surface area (Å²) in [6.45, 7) is 2.13. The Bertz CT molecular complexity index is 895. The molecule has 13 N–H and O–H groups in total. The normalized spacial score (nSPS) is 14.5. The molecule has 0 aliphatic carbocycles. The van der Waals surface area contributed by atoms with Crippen molar-refractivity contribution in [3.8, 4) is 0 Å². The minimum Gasteiger partial charge on any atom is -0.481 e. The van der Waals surface area contributed by atoms with Gasteiger partial charge in [0.15, 0.2) is 5.96 Å². The highest BCUT2D eigenvalue weighted by atomic mass is 16.4. The molecule has 0 aromatic rings. The third-order valence-corrected chi connectivity index (χ3v) is 5.60. The number of carboxylic acids is 2. The number of rotatable bonds is 19. The zero-order valence-corrected chi connectivity index (χ0v) is 22.0. The average molecular weight is 561 g/mol. The lowest BCUT2D eigenvalue weighted by Gasteiger charge is -2.28. The molecule has 0 aliphatic heterocycles. The van der Waals surface area contributed by atoms with E-state index in [0.29, 0.717) is 6.42 Å². The van der Waals surface area contributed by atoms with Crippen LogP contribution in [0.15, 0.2) is 4.99 Å². The summed E-state index contributed by atoms with van der Waals surface area (Å²) < 4.78 is 0. The molecule has 0 rings (SSSR count). The molecule has 0 bridgehead atoms. The topological polar surface area (TPSA) is 302 Å². The zero-order valence-electron chi connectivity index (χ0n) is 22.0. The van der Waals surface area contributed by atoms with Crippen LogP contribution in [0.4, 0.5) is 0 Å². The van der Waals surface area contributed by atoms with Crippen LogP contribution in [0.3, 0.4) is 0 Å². The molecule has 4 amide bonds. The summed E-state index contributed by atoms with van der Waals surface area (Å²) in [5.41, 5.74) is 16.1. The molecule has 0 saturated carbocycles. The Morgan fingerprint density at radius 1 is 0.846 bits per heavy atom. The van der Waals surface area contributed by atoms with Gasteiger partial charge in [0, 0.05) is 13.0 Å². The fraction of sp³-hybridized carbons (Fsp3) is 0.682. The van der Waals surface area contributed by atoms with E-state index < -0.39 is 85.2 Å². The second kappa shape index (κ2) is 18.3. The number of aliphatic hydroxyl groups is 1. The molecular formula is C22H40N8O9. The molecule has 5 atom stereocenters. The zero-order chi connectivity index (χ0) is 30.1. The quantitative estimate of drug-likeness (QED) is 0.0410. The van der Waals surface area contributed by atoms with Crippen LogP contribution >= 0.6 is 0 Å². The summed E-state index contributed by atoms with van der Waals surface area (Å²) in [6.07, 6.45) is -0.230. The van der Waals surface area contributed by atoms with Gasteiger partial charge in [-0.3, -0.25) is 33.8 Å². The maximum absolute atomic E-state index is 13.2. The Labute approximate surface area is 225 Å². The number of aliphatic hydroxyl groups excluding tert-OH is 1. The van der Waals surface area contributed by atoms with Crippen molar-refractivity contribution >= 4 is 41.5 Å². The first-order chi connectivity index (χ1) is 18.2. The number of carbonyl (C=O) groups excluding carboxylic acids is 4. The fourth-order valence-corrected chi connectivity index (χ4v) is 3.17. The predicted octanol–water partition coefficient (Wildman–Crippen LogP) is -4.07. The summed E-state index contributed by atoms with van der Waals surface area (Å²) in [5, 5.41) is 36.3. The number of aliphatic carboxylic acids is 2. The van der Waals surface area contributed by atoms with Gasteiger partial charge in [0.25, 0.3) is 0 Å². The SMILES string of the molecule is CC[C@H](C)[C@H](NC(=O)[C@@H](N)CO)C(=O)N[C@@H](CCCN=C(N)N)C(=O)N[C@@H](CCC(=O)O)C(=O)NCC(=O)O. The van der Waals surface area contributed by atoms with Crippen LogP contribution < -0.4 is 38.5 Å². The van der Waals surface area contributed by atoms with Gasteiger partial charge in [0.1, 0.15) is 30.7 Å². The Kier molecular flexibility index (Phi) is 16.4. The number of nitrogens with two attached hydrogens (primary N) is 3. The van der Waals surface area contributed by atoms with E-state index in [2.05, 4.69) is 26.3 Å². The van der Waals surface area contributed by atoms with Crippen LogP contribution in [0.1, 0.15) is 46.0 Å². The van der Waals surface area contributed by atoms with Crippen molar-refractivity contribution in [1.82, 2.24) is 21.3 Å². The smallest absolute Gasteiger partial charge is 0.322 e. The Morgan fingerprint density at radius 3 is 1.95 bits per heavy atom. The molecule has 0 unspecified atom stereocenters. The number of nitrogens with one attached hydrogen (secondary N) is 4. The molecule has 17 heteroatoms. The summed E-state index contributed by atoms with van der Waals surface area (Å²) in [7, 11) is 0. The number of guanidine groups is 1. The monoisotopic (exact) mass is 560 g/mol. The minimum atomic E-state index is -1.42. The number of hydrogen-bond donors (Lipinski definition) is 10. The van der Waals surface area contributed by atoms with Gasteiger partial charge in [-0.15, -0.1) is 0 Å². The van der Waals surface area contributed by atoms with Gasteiger partial charge in [-0.05, 0) is 25.2 Å². The van der Waals surface area contributed by atoms with Crippen LogP contribution in [0, 0.1) is 5.92 Å². The number of amides is 4. The third-order valence-electron chi connectivity index (χ3n) is 5.60. The van der Waals surface area contributed by atoms with Gasteiger partial charge in [0.2, 0.25) is 23.6 Å². The lowest BCUT2D eigenvalue weighted by atomic mass is 9.97. The highest BCUT2D eigenvalue weighted by Crippen LogP contribution is 2.10. The van der Waals surface area contributed by atoms with Gasteiger partial charge >= 0.3 is 11.9 Å². The molecule has 0 saturated heterocycles. The largest absolute Gasteiger partial charge is 0.481 e. The van der Waals surface area contributed by atoms with E-state index in [9.17, 15) is 28.8 Å². The number of carbonyl (C=O) groups is 6. The maximum Gasteiger partial charge on any atom is 0.322 e. The Morgan fingerprint density at radius 2 is 1.44 bits per heavy atom. The summed E-state index contributed by atoms with van der Waals surface area (Å²) in [6, 6.07) is -5.10. The first-order valence-corrected chi connectivity index (χ1v) is 12.3. The van der Waals surface area contributed by atoms with Crippen LogP contribution in [0.2, 0.25) is 0 Å². The number of hydrogen-bond acceptors (Lipinski definition) is 9. The Hall–Kier alpha value is -3.99. The fourth-order valence-electron chi connectivity index (χ4n) is 3.17. The molecule has 0 heterocycles. The maximum atomic E-state index is 13.2. The van der Waals surface area contributed by atoms with Crippen LogP contribution in [0.5, 0.6) is 0 Å². The van der Waals surface area contributed by atoms with Crippen molar-refractivity contribution in [3.05, 3.63) is 0 Å². The molecule has 0 spiro atoms. The second-order valence-corrected chi connectivity index (χ2v) is 8.78. The van der Waals surface area contributed by atoms with Gasteiger partial charge in [-0.2, -0.15) is 0 Å². The van der Waals surface area contributed by atoms with Crippen molar-refractivity contribution in [2.24, 2.45) is 28.1 Å². The summed E-state index contributed by atoms with van der Waals surface area (Å²) in [5.74, 6) is -6.53. The third kappa shape index (κ3) is 14.5. The van der Waals surface area contributed by atoms with Crippen molar-refractivity contribution in [1.29, 1.82) is 0 Å². The molecule has 0 fully saturated rings. The number of nitrogens with zero attached hydrogens (tertiary/aromatic N) is 1. The van der Waals surface area contributed by atoms with E-state index in [1.165, 1.54) is 0 Å². The predicted molar refractivity (Wildman–Crippen MR) is 138 cm³/mol. The molecule has 0 aromatic heterocycles. The van der Waals surface area contributed by atoms with Gasteiger partial charge in [-0.25, -0.2) is 0 Å². The molecule has 17 nitrogen and oxygen atoms in total. The van der Waals surface area contributed by atoms with Gasteiger partial charge in [0.05, 0.1) is 6.61 Å². The van der Waals surface area contributed by atoms with E-state index in [1.54, 1.807) is 13.8 Å². The lowest BCUT2D eigenvalue weighted by molar-refractivity contribution is -0.140. The molecule has 222 valence electrons. The minimum absolute atomic E-state index is 0.0198. The first kappa shape index (κ1) is 35.0. The van der Waals surface area contributed by atoms with E-state index in [1.807, 2.05) is 0 Å². The molecule has 0 aromatic carbocycles. The molecule has 39 heavy (non-hydrogen) atoms. The highest BCUT2D eigenvalue weighted by Gasteiger charge is 2.32. The van der Waals surface area contributed by atoms with Crippen LogP contribution in [0.25, 0.3) is 0 Å². The van der Waals surface area contributed by atoms with E-state index in [-0.39, 0.29) is 31.8 Å². The first-order valence-electron chi connectivity index (χ1n) is 12.3. The Balaban J connectivity index is 5.87. The van der Waals surface area contributed by atoms with Crippen LogP contribution in [-0.4, -0.2) is 101 Å². The van der Waals surface area contributed by atoms with Gasteiger partial charge in [-0.1, -0.05) is 20.3 Å². The standard InChI is InChI=1S/C22H40N8O9/c1-3-11(2)17(30-18(36)12(23)10-31)21(39)29-13(5-4-8-26-22(24)25)20(38)28-14(6-7-15(32)33)19(37)27-9-16(34)35/h11-14,17,31H,3-10,23H2,1-2H3,(H,27,37)(H,28,38)(H,29,39)(H,30,36)(H,32,33)(H,34,35)(H4,24,25,26)/t11-,12-,13-,14-,17-/m0/s1. The number of aliphatic imine (C=N–C) groups is 1. The summed E-state index contributed by atoms with van der Waals surface area (Å²) >= 11 is 0. The summed E-state index contributed by atoms with van der Waals surface area (Å²) in [4.78, 5) is 76.6. The molecule has 0 radical (unpaired) electrons. The molecular weight excluding hydrogens is 520 g/mol.